The summed E-state index contributed by atoms with van der Waals surface area (Å²) in [6.07, 6.45) is 13.7. The van der Waals surface area contributed by atoms with Crippen LogP contribution in [-0.4, -0.2) is 13.2 Å². The molecule has 17 heavy (non-hydrogen) atoms. The molecule has 0 radical (unpaired) electrons. The topological polar surface area (TPSA) is 18.5 Å². The van der Waals surface area contributed by atoms with Crippen molar-refractivity contribution in [2.45, 2.75) is 26.9 Å². The maximum atomic E-state index is 5.60. The van der Waals surface area contributed by atoms with Crippen molar-refractivity contribution in [3.8, 4) is 0 Å². The van der Waals surface area contributed by atoms with Crippen LogP contribution in [0, 0.1) is 0 Å². The molecule has 0 aliphatic carbocycles. The summed E-state index contributed by atoms with van der Waals surface area (Å²) >= 11 is 0. The van der Waals surface area contributed by atoms with Crippen LogP contribution in [-0.2, 0) is 9.47 Å². The lowest BCUT2D eigenvalue weighted by molar-refractivity contribution is 0.190. The Hall–Kier alpha value is -1.70. The standard InChI is InChI=1S/C15H20O2/c1-5-6-7-8-9-12(2)15-10-14(16-4)13(3)11-17-15/h5-11,15H,1-4H3. The van der Waals surface area contributed by atoms with Gasteiger partial charge in [0.1, 0.15) is 11.9 Å². The van der Waals surface area contributed by atoms with Gasteiger partial charge in [0.15, 0.2) is 0 Å². The second-order valence-electron chi connectivity index (χ2n) is 3.91. The van der Waals surface area contributed by atoms with Crippen molar-refractivity contribution in [3.63, 3.8) is 0 Å². The molecule has 92 valence electrons. The summed E-state index contributed by atoms with van der Waals surface area (Å²) in [7, 11) is 1.68. The van der Waals surface area contributed by atoms with E-state index in [4.69, 9.17) is 9.47 Å². The lowest BCUT2D eigenvalue weighted by Gasteiger charge is -2.20. The summed E-state index contributed by atoms with van der Waals surface area (Å²) < 4.78 is 10.9. The fraction of sp³-hybridized carbons (Fsp3) is 0.333. The third kappa shape index (κ3) is 3.99. The minimum Gasteiger partial charge on any atom is -0.497 e. The highest BCUT2D eigenvalue weighted by Gasteiger charge is 2.15. The number of methoxy groups -OCH3 is 1. The fourth-order valence-electron chi connectivity index (χ4n) is 1.49. The largest absolute Gasteiger partial charge is 0.497 e. The van der Waals surface area contributed by atoms with E-state index in [0.29, 0.717) is 0 Å². The SMILES string of the molecule is CC=CC=CC=C(C)C1C=C(OC)C(C)=CO1. The van der Waals surface area contributed by atoms with Gasteiger partial charge in [0.2, 0.25) is 0 Å². The summed E-state index contributed by atoms with van der Waals surface area (Å²) in [4.78, 5) is 0. The van der Waals surface area contributed by atoms with Gasteiger partial charge < -0.3 is 9.47 Å². The molecule has 0 spiro atoms. The number of hydrogen-bond donors (Lipinski definition) is 0. The average Bonchev–Trinajstić information content (AvgIpc) is 2.35. The maximum absolute atomic E-state index is 5.60. The molecule has 0 aromatic heterocycles. The van der Waals surface area contributed by atoms with E-state index < -0.39 is 0 Å². The maximum Gasteiger partial charge on any atom is 0.141 e. The van der Waals surface area contributed by atoms with E-state index in [2.05, 4.69) is 0 Å². The zero-order valence-electron chi connectivity index (χ0n) is 10.9. The van der Waals surface area contributed by atoms with Crippen LogP contribution in [0.15, 0.2) is 59.6 Å². The molecule has 1 aliphatic rings. The Morgan fingerprint density at radius 1 is 1.35 bits per heavy atom. The van der Waals surface area contributed by atoms with Crippen molar-refractivity contribution in [2.75, 3.05) is 7.11 Å². The molecule has 0 amide bonds. The number of hydrogen-bond acceptors (Lipinski definition) is 2. The Labute approximate surface area is 104 Å². The van der Waals surface area contributed by atoms with Gasteiger partial charge in [-0.1, -0.05) is 30.4 Å². The number of allylic oxidation sites excluding steroid dienone is 6. The Morgan fingerprint density at radius 3 is 2.76 bits per heavy atom. The van der Waals surface area contributed by atoms with Crippen LogP contribution in [0.4, 0.5) is 0 Å². The molecule has 1 rings (SSSR count). The van der Waals surface area contributed by atoms with E-state index in [9.17, 15) is 0 Å². The summed E-state index contributed by atoms with van der Waals surface area (Å²) in [6.45, 7) is 6.01. The van der Waals surface area contributed by atoms with Gasteiger partial charge in [0, 0.05) is 11.6 Å². The van der Waals surface area contributed by atoms with Crippen LogP contribution in [0.2, 0.25) is 0 Å². The summed E-state index contributed by atoms with van der Waals surface area (Å²) in [5.74, 6) is 0.881. The highest BCUT2D eigenvalue weighted by Crippen LogP contribution is 2.22. The quantitative estimate of drug-likeness (QED) is 0.684. The molecular weight excluding hydrogens is 212 g/mol. The van der Waals surface area contributed by atoms with Crippen LogP contribution < -0.4 is 0 Å². The summed E-state index contributed by atoms with van der Waals surface area (Å²) in [5.41, 5.74) is 2.16. The normalized spacial score (nSPS) is 21.4. The van der Waals surface area contributed by atoms with Crippen molar-refractivity contribution in [1.82, 2.24) is 0 Å². The second kappa shape index (κ2) is 6.79. The van der Waals surface area contributed by atoms with Crippen molar-refractivity contribution >= 4 is 0 Å². The van der Waals surface area contributed by atoms with Crippen LogP contribution in [0.1, 0.15) is 20.8 Å². The van der Waals surface area contributed by atoms with Crippen molar-refractivity contribution in [1.29, 1.82) is 0 Å². The lowest BCUT2D eigenvalue weighted by atomic mass is 10.1. The van der Waals surface area contributed by atoms with E-state index in [1.807, 2.05) is 57.2 Å². The second-order valence-corrected chi connectivity index (χ2v) is 3.91. The van der Waals surface area contributed by atoms with Crippen LogP contribution in [0.5, 0.6) is 0 Å². The molecule has 1 unspecified atom stereocenters. The molecule has 1 atom stereocenters. The zero-order chi connectivity index (χ0) is 12.7. The molecule has 0 saturated heterocycles. The molecule has 1 heterocycles. The summed E-state index contributed by atoms with van der Waals surface area (Å²) in [5, 5.41) is 0. The molecule has 0 fully saturated rings. The van der Waals surface area contributed by atoms with Gasteiger partial charge in [-0.15, -0.1) is 0 Å². The Kier molecular flexibility index (Phi) is 5.34. The molecular formula is C15H20O2. The molecule has 0 aromatic rings. The van der Waals surface area contributed by atoms with Gasteiger partial charge in [-0.25, -0.2) is 0 Å². The number of ether oxygens (including phenoxy) is 2. The van der Waals surface area contributed by atoms with Crippen molar-refractivity contribution < 1.29 is 9.47 Å². The van der Waals surface area contributed by atoms with E-state index in [-0.39, 0.29) is 6.10 Å². The molecule has 2 heteroatoms. The Balaban J connectivity index is 2.72. The highest BCUT2D eigenvalue weighted by atomic mass is 16.5. The molecule has 1 aliphatic heterocycles. The first kappa shape index (κ1) is 13.4. The van der Waals surface area contributed by atoms with E-state index in [0.717, 1.165) is 16.9 Å². The first-order chi connectivity index (χ1) is 8.19. The van der Waals surface area contributed by atoms with Gasteiger partial charge in [-0.05, 0) is 26.3 Å². The molecule has 0 saturated carbocycles. The highest BCUT2D eigenvalue weighted by molar-refractivity contribution is 5.31. The minimum atomic E-state index is -0.0380. The Morgan fingerprint density at radius 2 is 2.12 bits per heavy atom. The van der Waals surface area contributed by atoms with E-state index in [1.54, 1.807) is 13.4 Å². The third-order valence-corrected chi connectivity index (χ3v) is 2.53. The van der Waals surface area contributed by atoms with Gasteiger partial charge in [-0.2, -0.15) is 0 Å². The van der Waals surface area contributed by atoms with E-state index >= 15 is 0 Å². The number of rotatable bonds is 4. The van der Waals surface area contributed by atoms with Gasteiger partial charge in [0.25, 0.3) is 0 Å². The first-order valence-corrected chi connectivity index (χ1v) is 5.73. The van der Waals surface area contributed by atoms with E-state index in [1.165, 1.54) is 0 Å². The Bertz CT molecular complexity index is 395. The average molecular weight is 232 g/mol. The lowest BCUT2D eigenvalue weighted by Crippen LogP contribution is -2.14. The molecule has 0 aromatic carbocycles. The molecule has 2 nitrogen and oxygen atoms in total. The minimum absolute atomic E-state index is 0.0380. The van der Waals surface area contributed by atoms with Gasteiger partial charge >= 0.3 is 0 Å². The van der Waals surface area contributed by atoms with Crippen LogP contribution in [0.25, 0.3) is 0 Å². The fourth-order valence-corrected chi connectivity index (χ4v) is 1.49. The van der Waals surface area contributed by atoms with Crippen molar-refractivity contribution in [2.24, 2.45) is 0 Å². The monoisotopic (exact) mass is 232 g/mol. The van der Waals surface area contributed by atoms with Crippen LogP contribution >= 0.6 is 0 Å². The van der Waals surface area contributed by atoms with Gasteiger partial charge in [0.05, 0.1) is 13.4 Å². The van der Waals surface area contributed by atoms with Crippen LogP contribution in [0.3, 0.4) is 0 Å². The predicted octanol–water partition coefficient (Wildman–Crippen LogP) is 3.90. The molecule has 0 N–H and O–H groups in total. The predicted molar refractivity (Wildman–Crippen MR) is 71.4 cm³/mol. The van der Waals surface area contributed by atoms with Gasteiger partial charge in [-0.3, -0.25) is 0 Å². The van der Waals surface area contributed by atoms with Crippen molar-refractivity contribution in [3.05, 3.63) is 59.6 Å². The molecule has 0 bridgehead atoms. The third-order valence-electron chi connectivity index (χ3n) is 2.53. The smallest absolute Gasteiger partial charge is 0.141 e. The first-order valence-electron chi connectivity index (χ1n) is 5.73. The summed E-state index contributed by atoms with van der Waals surface area (Å²) in [6, 6.07) is 0. The zero-order valence-corrected chi connectivity index (χ0v) is 10.9.